The molecule has 4 rings (SSSR count). The first-order chi connectivity index (χ1) is 15.3. The lowest BCUT2D eigenvalue weighted by atomic mass is 9.65. The van der Waals surface area contributed by atoms with Crippen LogP contribution in [-0.4, -0.2) is 7.11 Å². The van der Waals surface area contributed by atoms with Crippen LogP contribution in [0.3, 0.4) is 0 Å². The molecule has 3 aromatic rings. The zero-order chi connectivity index (χ0) is 21.7. The quantitative estimate of drug-likeness (QED) is 0.345. The van der Waals surface area contributed by atoms with E-state index in [0.29, 0.717) is 0 Å². The molecule has 31 heavy (non-hydrogen) atoms. The first-order valence-corrected chi connectivity index (χ1v) is 11.8. The summed E-state index contributed by atoms with van der Waals surface area (Å²) in [4.78, 5) is 0. The van der Waals surface area contributed by atoms with Crippen LogP contribution in [0, 0.1) is 0 Å². The van der Waals surface area contributed by atoms with E-state index in [1.807, 2.05) is 0 Å². The van der Waals surface area contributed by atoms with E-state index < -0.39 is 0 Å². The molecule has 0 heterocycles. The molecule has 1 aliphatic rings. The lowest BCUT2D eigenvalue weighted by molar-refractivity contribution is 0.413. The molecule has 0 bridgehead atoms. The molecular formula is C30H34O. The number of unbranched alkanes of at least 4 members (excludes halogenated alkanes) is 2. The Hall–Kier alpha value is -2.80. The number of hydrogen-bond donors (Lipinski definition) is 0. The fourth-order valence-electron chi connectivity index (χ4n) is 5.31. The van der Waals surface area contributed by atoms with Crippen molar-refractivity contribution in [1.29, 1.82) is 0 Å². The molecule has 1 aliphatic carbocycles. The van der Waals surface area contributed by atoms with Crippen LogP contribution >= 0.6 is 0 Å². The Labute approximate surface area is 187 Å². The molecular weight excluding hydrogens is 376 g/mol. The van der Waals surface area contributed by atoms with Gasteiger partial charge in [0.05, 0.1) is 12.5 Å². The van der Waals surface area contributed by atoms with Crippen molar-refractivity contribution in [2.75, 3.05) is 7.11 Å². The zero-order valence-electron chi connectivity index (χ0n) is 19.2. The molecule has 0 aromatic heterocycles. The minimum atomic E-state index is -0.259. The van der Waals surface area contributed by atoms with Crippen molar-refractivity contribution < 1.29 is 4.74 Å². The Morgan fingerprint density at radius 2 is 1.29 bits per heavy atom. The van der Waals surface area contributed by atoms with Crippen molar-refractivity contribution in [2.24, 2.45) is 0 Å². The lowest BCUT2D eigenvalue weighted by Gasteiger charge is -2.36. The van der Waals surface area contributed by atoms with Crippen molar-refractivity contribution in [3.63, 3.8) is 0 Å². The van der Waals surface area contributed by atoms with Crippen molar-refractivity contribution in [3.8, 4) is 5.75 Å². The highest BCUT2D eigenvalue weighted by Crippen LogP contribution is 2.57. The van der Waals surface area contributed by atoms with E-state index in [-0.39, 0.29) is 5.41 Å². The van der Waals surface area contributed by atoms with Gasteiger partial charge in [-0.15, -0.1) is 0 Å². The smallest absolute Gasteiger partial charge is 0.119 e. The normalized spacial score (nSPS) is 14.5. The summed E-state index contributed by atoms with van der Waals surface area (Å²) in [6, 6.07) is 28.9. The minimum absolute atomic E-state index is 0.259. The predicted molar refractivity (Wildman–Crippen MR) is 132 cm³/mol. The summed E-state index contributed by atoms with van der Waals surface area (Å²) < 4.78 is 5.72. The Bertz CT molecular complexity index is 991. The summed E-state index contributed by atoms with van der Waals surface area (Å²) in [6.45, 7) is 4.59. The van der Waals surface area contributed by atoms with Crippen LogP contribution < -0.4 is 4.74 Å². The number of rotatable bonds is 9. The van der Waals surface area contributed by atoms with E-state index in [0.717, 1.165) is 18.6 Å². The maximum absolute atomic E-state index is 5.72. The molecule has 160 valence electrons. The molecule has 0 radical (unpaired) electrons. The number of ether oxygens (including phenoxy) is 1. The van der Waals surface area contributed by atoms with Gasteiger partial charge in [0, 0.05) is 0 Å². The van der Waals surface area contributed by atoms with Gasteiger partial charge in [0.15, 0.2) is 0 Å². The van der Waals surface area contributed by atoms with E-state index in [2.05, 4.69) is 92.7 Å². The zero-order valence-corrected chi connectivity index (χ0v) is 19.2. The van der Waals surface area contributed by atoms with Crippen molar-refractivity contribution in [3.05, 3.63) is 107 Å². The molecule has 0 saturated carbocycles. The van der Waals surface area contributed by atoms with Gasteiger partial charge in [0.2, 0.25) is 0 Å². The van der Waals surface area contributed by atoms with Gasteiger partial charge >= 0.3 is 0 Å². The molecule has 3 aromatic carbocycles. The largest absolute Gasteiger partial charge is 0.497 e. The highest BCUT2D eigenvalue weighted by molar-refractivity contribution is 5.86. The second-order valence-corrected chi connectivity index (χ2v) is 8.56. The van der Waals surface area contributed by atoms with Gasteiger partial charge < -0.3 is 4.74 Å². The summed E-state index contributed by atoms with van der Waals surface area (Å²) in [7, 11) is 1.77. The highest BCUT2D eigenvalue weighted by atomic mass is 16.5. The monoisotopic (exact) mass is 410 g/mol. The Morgan fingerprint density at radius 3 is 1.84 bits per heavy atom. The molecule has 0 atom stereocenters. The van der Waals surface area contributed by atoms with Gasteiger partial charge in [-0.05, 0) is 71.2 Å². The maximum Gasteiger partial charge on any atom is 0.119 e. The second kappa shape index (κ2) is 9.56. The molecule has 0 saturated heterocycles. The average Bonchev–Trinajstić information content (AvgIpc) is 3.11. The van der Waals surface area contributed by atoms with E-state index >= 15 is 0 Å². The molecule has 1 nitrogen and oxygen atoms in total. The van der Waals surface area contributed by atoms with Crippen LogP contribution in [0.4, 0.5) is 0 Å². The van der Waals surface area contributed by atoms with Crippen LogP contribution in [0.25, 0.3) is 5.57 Å². The Morgan fingerprint density at radius 1 is 0.710 bits per heavy atom. The van der Waals surface area contributed by atoms with E-state index in [4.69, 9.17) is 4.74 Å². The Balaban J connectivity index is 2.10. The molecule has 0 unspecified atom stereocenters. The van der Waals surface area contributed by atoms with E-state index in [9.17, 15) is 0 Å². The first kappa shape index (κ1) is 21.4. The average molecular weight is 411 g/mol. The third kappa shape index (κ3) is 3.71. The number of allylic oxidation sites excluding steroid dienone is 2. The molecule has 1 heteroatoms. The van der Waals surface area contributed by atoms with Gasteiger partial charge in [-0.1, -0.05) is 93.4 Å². The van der Waals surface area contributed by atoms with Gasteiger partial charge in [-0.2, -0.15) is 0 Å². The number of benzene rings is 3. The Kier molecular flexibility index (Phi) is 6.61. The van der Waals surface area contributed by atoms with Crippen molar-refractivity contribution in [1.82, 2.24) is 0 Å². The van der Waals surface area contributed by atoms with Crippen LogP contribution in [0.15, 0.2) is 84.4 Å². The van der Waals surface area contributed by atoms with Crippen LogP contribution in [0.5, 0.6) is 5.75 Å². The standard InChI is InChI=1S/C30H34O/c1-4-6-18-26-27-21-20-25(31-3)22-29(27)30(28(26)19-7-5-2,23-14-10-8-11-15-23)24-16-12-9-13-17-24/h8-17,20-22H,4-7,18-19H2,1-3H3. The molecule has 0 amide bonds. The third-order valence-electron chi connectivity index (χ3n) is 6.75. The third-order valence-corrected chi connectivity index (χ3v) is 6.75. The first-order valence-electron chi connectivity index (χ1n) is 11.8. The number of methoxy groups -OCH3 is 1. The van der Waals surface area contributed by atoms with Crippen LogP contribution in [0.2, 0.25) is 0 Å². The molecule has 0 spiro atoms. The van der Waals surface area contributed by atoms with Gasteiger partial charge in [0.25, 0.3) is 0 Å². The van der Waals surface area contributed by atoms with Crippen LogP contribution in [-0.2, 0) is 5.41 Å². The fraction of sp³-hybridized carbons (Fsp3) is 0.333. The SMILES string of the molecule is CCCCC1=C(CCCC)C(c2ccccc2)(c2ccccc2)c2cc(OC)ccc21. The number of hydrogen-bond acceptors (Lipinski definition) is 1. The number of fused-ring (bicyclic) bond motifs is 1. The van der Waals surface area contributed by atoms with Gasteiger partial charge in [0.1, 0.15) is 5.75 Å². The topological polar surface area (TPSA) is 9.23 Å². The van der Waals surface area contributed by atoms with E-state index in [1.165, 1.54) is 47.9 Å². The molecule has 0 fully saturated rings. The predicted octanol–water partition coefficient (Wildman–Crippen LogP) is 8.18. The van der Waals surface area contributed by atoms with Crippen molar-refractivity contribution in [2.45, 2.75) is 57.8 Å². The summed E-state index contributed by atoms with van der Waals surface area (Å²) in [6.07, 6.45) is 7.09. The maximum atomic E-state index is 5.72. The summed E-state index contributed by atoms with van der Waals surface area (Å²) in [5.41, 5.74) is 8.38. The lowest BCUT2D eigenvalue weighted by Crippen LogP contribution is -2.30. The second-order valence-electron chi connectivity index (χ2n) is 8.56. The van der Waals surface area contributed by atoms with E-state index in [1.54, 1.807) is 18.3 Å². The van der Waals surface area contributed by atoms with Gasteiger partial charge in [-0.3, -0.25) is 0 Å². The summed E-state index contributed by atoms with van der Waals surface area (Å²) >= 11 is 0. The molecule has 0 N–H and O–H groups in total. The summed E-state index contributed by atoms with van der Waals surface area (Å²) in [5.74, 6) is 0.932. The van der Waals surface area contributed by atoms with Crippen molar-refractivity contribution >= 4 is 5.57 Å². The molecule has 0 aliphatic heterocycles. The fourth-order valence-corrected chi connectivity index (χ4v) is 5.31. The van der Waals surface area contributed by atoms with Crippen LogP contribution in [0.1, 0.15) is 74.6 Å². The van der Waals surface area contributed by atoms with Gasteiger partial charge in [-0.25, -0.2) is 0 Å². The summed E-state index contributed by atoms with van der Waals surface area (Å²) in [5, 5.41) is 0. The minimum Gasteiger partial charge on any atom is -0.497 e. The highest BCUT2D eigenvalue weighted by Gasteiger charge is 2.47.